The van der Waals surface area contributed by atoms with Crippen molar-refractivity contribution < 1.29 is 39.6 Å². The first kappa shape index (κ1) is 19.6. The van der Waals surface area contributed by atoms with Gasteiger partial charge in [-0.3, -0.25) is 19.2 Å². The van der Waals surface area contributed by atoms with E-state index in [0.29, 0.717) is 11.1 Å². The Labute approximate surface area is 153 Å². The number of hydrogen-bond donors (Lipinski definition) is 4. The molecular formula is C19H16O8. The first-order valence-corrected chi connectivity index (χ1v) is 7.75. The minimum atomic E-state index is -1.96. The van der Waals surface area contributed by atoms with E-state index in [-0.39, 0.29) is 11.1 Å². The summed E-state index contributed by atoms with van der Waals surface area (Å²) in [6, 6.07) is 10.5. The Balaban J connectivity index is 2.75. The second kappa shape index (κ2) is 7.69. The Morgan fingerprint density at radius 2 is 1.00 bits per heavy atom. The molecular weight excluding hydrogens is 356 g/mol. The van der Waals surface area contributed by atoms with Gasteiger partial charge in [-0.1, -0.05) is 35.9 Å². The maximum Gasteiger partial charge on any atom is 0.322 e. The van der Waals surface area contributed by atoms with Crippen molar-refractivity contribution in [1.82, 2.24) is 0 Å². The van der Waals surface area contributed by atoms with Gasteiger partial charge < -0.3 is 20.4 Å². The monoisotopic (exact) mass is 372 g/mol. The van der Waals surface area contributed by atoms with E-state index < -0.39 is 35.7 Å². The molecule has 0 bridgehead atoms. The van der Waals surface area contributed by atoms with Crippen LogP contribution in [-0.4, -0.2) is 44.3 Å². The van der Waals surface area contributed by atoms with Crippen LogP contribution in [0.2, 0.25) is 0 Å². The van der Waals surface area contributed by atoms with Gasteiger partial charge in [0, 0.05) is 0 Å². The minimum Gasteiger partial charge on any atom is -0.480 e. The molecule has 0 unspecified atom stereocenters. The molecule has 0 aliphatic heterocycles. The fraction of sp³-hybridized carbons (Fsp3) is 0.158. The van der Waals surface area contributed by atoms with Crippen molar-refractivity contribution in [2.24, 2.45) is 0 Å². The molecule has 0 amide bonds. The molecule has 0 aromatic heterocycles. The van der Waals surface area contributed by atoms with Crippen molar-refractivity contribution in [3.63, 3.8) is 0 Å². The molecule has 0 atom stereocenters. The lowest BCUT2D eigenvalue weighted by molar-refractivity contribution is -0.151. The summed E-state index contributed by atoms with van der Waals surface area (Å²) in [5.41, 5.74) is 1.40. The highest BCUT2D eigenvalue weighted by Crippen LogP contribution is 2.30. The van der Waals surface area contributed by atoms with Crippen LogP contribution < -0.4 is 0 Å². The number of carboxylic acid groups (broad SMARTS) is 4. The van der Waals surface area contributed by atoms with Gasteiger partial charge in [0.2, 0.25) is 0 Å². The van der Waals surface area contributed by atoms with Crippen molar-refractivity contribution in [3.8, 4) is 11.1 Å². The number of aliphatic carboxylic acids is 4. The Kier molecular flexibility index (Phi) is 5.60. The number of aryl methyl sites for hydroxylation is 1. The Morgan fingerprint density at radius 3 is 1.33 bits per heavy atom. The second-order valence-electron chi connectivity index (χ2n) is 5.97. The van der Waals surface area contributed by atoms with E-state index in [2.05, 4.69) is 0 Å². The van der Waals surface area contributed by atoms with Crippen molar-refractivity contribution in [3.05, 3.63) is 59.2 Å². The molecule has 0 saturated heterocycles. The summed E-state index contributed by atoms with van der Waals surface area (Å²) in [5.74, 6) is -10.5. The van der Waals surface area contributed by atoms with Crippen molar-refractivity contribution >= 4 is 23.9 Å². The summed E-state index contributed by atoms with van der Waals surface area (Å²) >= 11 is 0. The molecule has 0 saturated carbocycles. The van der Waals surface area contributed by atoms with Gasteiger partial charge in [-0.2, -0.15) is 0 Å². The molecule has 0 heterocycles. The maximum absolute atomic E-state index is 11.4. The predicted molar refractivity (Wildman–Crippen MR) is 92.6 cm³/mol. The molecule has 0 aliphatic carbocycles. The van der Waals surface area contributed by atoms with Crippen molar-refractivity contribution in [2.45, 2.75) is 18.8 Å². The Morgan fingerprint density at radius 1 is 0.630 bits per heavy atom. The highest BCUT2D eigenvalue weighted by molar-refractivity contribution is 6.01. The van der Waals surface area contributed by atoms with E-state index in [1.165, 1.54) is 12.1 Å². The van der Waals surface area contributed by atoms with E-state index >= 15 is 0 Å². The third-order valence-electron chi connectivity index (χ3n) is 4.02. The van der Waals surface area contributed by atoms with Gasteiger partial charge in [0.1, 0.15) is 0 Å². The van der Waals surface area contributed by atoms with Crippen LogP contribution in [0.5, 0.6) is 0 Å². The van der Waals surface area contributed by atoms with Crippen LogP contribution in [0.15, 0.2) is 42.5 Å². The van der Waals surface area contributed by atoms with Gasteiger partial charge >= 0.3 is 23.9 Å². The molecule has 4 N–H and O–H groups in total. The molecule has 0 spiro atoms. The van der Waals surface area contributed by atoms with E-state index in [1.807, 2.05) is 6.92 Å². The number of benzene rings is 2. The van der Waals surface area contributed by atoms with Crippen LogP contribution in [-0.2, 0) is 19.2 Å². The number of rotatable bonds is 7. The van der Waals surface area contributed by atoms with E-state index in [4.69, 9.17) is 0 Å². The highest BCUT2D eigenvalue weighted by Gasteiger charge is 2.33. The first-order chi connectivity index (χ1) is 12.6. The van der Waals surface area contributed by atoms with Gasteiger partial charge in [0.05, 0.1) is 0 Å². The summed E-state index contributed by atoms with van der Waals surface area (Å²) in [4.78, 5) is 45.5. The van der Waals surface area contributed by atoms with Gasteiger partial charge in [-0.15, -0.1) is 0 Å². The number of hydrogen-bond acceptors (Lipinski definition) is 4. The van der Waals surface area contributed by atoms with Crippen LogP contribution in [0.3, 0.4) is 0 Å². The van der Waals surface area contributed by atoms with E-state index in [1.54, 1.807) is 24.3 Å². The average molecular weight is 372 g/mol. The van der Waals surface area contributed by atoms with Crippen molar-refractivity contribution in [2.75, 3.05) is 0 Å². The summed E-state index contributed by atoms with van der Waals surface area (Å²) in [6.45, 7) is 1.85. The van der Waals surface area contributed by atoms with Crippen LogP contribution >= 0.6 is 0 Å². The smallest absolute Gasteiger partial charge is 0.322 e. The molecule has 8 nitrogen and oxygen atoms in total. The molecule has 140 valence electrons. The Bertz CT molecular complexity index is 836. The largest absolute Gasteiger partial charge is 0.480 e. The van der Waals surface area contributed by atoms with Gasteiger partial charge in [-0.05, 0) is 41.3 Å². The summed E-state index contributed by atoms with van der Waals surface area (Å²) in [7, 11) is 0. The van der Waals surface area contributed by atoms with Crippen LogP contribution in [0, 0.1) is 6.92 Å². The zero-order chi connectivity index (χ0) is 20.3. The third kappa shape index (κ3) is 4.30. The van der Waals surface area contributed by atoms with Gasteiger partial charge in [0.15, 0.2) is 11.8 Å². The average Bonchev–Trinajstić information content (AvgIpc) is 2.53. The molecule has 2 aromatic carbocycles. The SMILES string of the molecule is Cc1ccc(-c2cc(C(C(=O)O)C(=O)O)cc(C(C(=O)O)C(=O)O)c2)cc1. The van der Waals surface area contributed by atoms with Gasteiger partial charge in [0.25, 0.3) is 0 Å². The standard InChI is InChI=1S/C19H16O8/c1-9-2-4-10(5-3-9)11-6-12(14(16(20)21)17(22)23)8-13(7-11)15(18(24)25)19(26)27/h2-8,14-15H,1H3,(H,20,21)(H,22,23)(H,24,25)(H,26,27). The topological polar surface area (TPSA) is 149 Å². The van der Waals surface area contributed by atoms with Crippen LogP contribution in [0.25, 0.3) is 11.1 Å². The normalized spacial score (nSPS) is 10.8. The zero-order valence-corrected chi connectivity index (χ0v) is 14.1. The summed E-state index contributed by atoms with van der Waals surface area (Å²) in [6.07, 6.45) is 0. The number of carboxylic acids is 4. The highest BCUT2D eigenvalue weighted by atomic mass is 16.4. The predicted octanol–water partition coefficient (Wildman–Crippen LogP) is 2.17. The molecule has 0 fully saturated rings. The zero-order valence-electron chi connectivity index (χ0n) is 14.1. The van der Waals surface area contributed by atoms with Gasteiger partial charge in [-0.25, -0.2) is 0 Å². The van der Waals surface area contributed by atoms with E-state index in [0.717, 1.165) is 11.6 Å². The molecule has 0 radical (unpaired) electrons. The molecule has 8 heteroatoms. The summed E-state index contributed by atoms with van der Waals surface area (Å²) in [5, 5.41) is 36.9. The Hall–Kier alpha value is -3.68. The lowest BCUT2D eigenvalue weighted by atomic mass is 9.88. The maximum atomic E-state index is 11.4. The fourth-order valence-corrected chi connectivity index (χ4v) is 2.70. The van der Waals surface area contributed by atoms with Crippen molar-refractivity contribution in [1.29, 1.82) is 0 Å². The lowest BCUT2D eigenvalue weighted by Gasteiger charge is -2.15. The van der Waals surface area contributed by atoms with Crippen LogP contribution in [0.4, 0.5) is 0 Å². The molecule has 0 aliphatic rings. The fourth-order valence-electron chi connectivity index (χ4n) is 2.70. The minimum absolute atomic E-state index is 0.212. The molecule has 2 rings (SSSR count). The summed E-state index contributed by atoms with van der Waals surface area (Å²) < 4.78 is 0. The molecule has 27 heavy (non-hydrogen) atoms. The van der Waals surface area contributed by atoms with E-state index in [9.17, 15) is 39.6 Å². The third-order valence-corrected chi connectivity index (χ3v) is 4.02. The first-order valence-electron chi connectivity index (χ1n) is 7.75. The number of carbonyl (C=O) groups is 4. The van der Waals surface area contributed by atoms with Crippen LogP contribution in [0.1, 0.15) is 28.5 Å². The quantitative estimate of drug-likeness (QED) is 0.540. The lowest BCUT2D eigenvalue weighted by Crippen LogP contribution is -2.24. The molecule has 2 aromatic rings. The second-order valence-corrected chi connectivity index (χ2v) is 5.97.